The SMILES string of the molecule is CN(C)C(=O)c1cccc(CN2CCN(C[C@@H](O)C(C)(C)C)CC2)c1. The van der Waals surface area contributed by atoms with Gasteiger partial charge in [0.1, 0.15) is 0 Å². The van der Waals surface area contributed by atoms with E-state index in [0.717, 1.165) is 44.8 Å². The van der Waals surface area contributed by atoms with E-state index < -0.39 is 0 Å². The van der Waals surface area contributed by atoms with Gasteiger partial charge in [-0.25, -0.2) is 0 Å². The van der Waals surface area contributed by atoms with Crippen LogP contribution < -0.4 is 0 Å². The highest BCUT2D eigenvalue weighted by atomic mass is 16.3. The Balaban J connectivity index is 1.86. The Labute approximate surface area is 152 Å². The van der Waals surface area contributed by atoms with E-state index in [0.29, 0.717) is 0 Å². The van der Waals surface area contributed by atoms with E-state index in [1.54, 1.807) is 19.0 Å². The second-order valence-electron chi connectivity index (χ2n) is 8.36. The van der Waals surface area contributed by atoms with Crippen molar-refractivity contribution in [1.29, 1.82) is 0 Å². The third-order valence-electron chi connectivity index (χ3n) is 4.88. The van der Waals surface area contributed by atoms with Crippen molar-refractivity contribution in [3.63, 3.8) is 0 Å². The van der Waals surface area contributed by atoms with Gasteiger partial charge < -0.3 is 10.0 Å². The zero-order chi connectivity index (χ0) is 18.6. The molecular weight excluding hydrogens is 314 g/mol. The van der Waals surface area contributed by atoms with E-state index >= 15 is 0 Å². The Morgan fingerprint density at radius 2 is 1.76 bits per heavy atom. The summed E-state index contributed by atoms with van der Waals surface area (Å²) in [6.07, 6.45) is -0.298. The molecule has 5 heteroatoms. The van der Waals surface area contributed by atoms with Crippen molar-refractivity contribution in [2.75, 3.05) is 46.8 Å². The lowest BCUT2D eigenvalue weighted by Crippen LogP contribution is -2.49. The Morgan fingerprint density at radius 3 is 2.32 bits per heavy atom. The summed E-state index contributed by atoms with van der Waals surface area (Å²) in [7, 11) is 3.56. The zero-order valence-corrected chi connectivity index (χ0v) is 16.3. The molecule has 0 aliphatic carbocycles. The number of piperazine rings is 1. The number of carbonyl (C=O) groups excluding carboxylic acids is 1. The fraction of sp³-hybridized carbons (Fsp3) is 0.650. The van der Waals surface area contributed by atoms with E-state index in [-0.39, 0.29) is 17.4 Å². The summed E-state index contributed by atoms with van der Waals surface area (Å²) in [6, 6.07) is 7.92. The molecule has 1 N–H and O–H groups in total. The number of aliphatic hydroxyl groups is 1. The van der Waals surface area contributed by atoms with Gasteiger partial charge in [0.25, 0.3) is 5.91 Å². The smallest absolute Gasteiger partial charge is 0.253 e. The number of hydrogen-bond acceptors (Lipinski definition) is 4. The van der Waals surface area contributed by atoms with Crippen molar-refractivity contribution in [3.05, 3.63) is 35.4 Å². The van der Waals surface area contributed by atoms with Crippen LogP contribution in [-0.2, 0) is 6.54 Å². The Bertz CT molecular complexity index is 573. The van der Waals surface area contributed by atoms with Gasteiger partial charge in [0, 0.05) is 58.9 Å². The molecule has 1 amide bonds. The Morgan fingerprint density at radius 1 is 1.16 bits per heavy atom. The molecule has 1 aromatic carbocycles. The fourth-order valence-corrected chi connectivity index (χ4v) is 2.97. The number of carbonyl (C=O) groups is 1. The molecule has 0 radical (unpaired) electrons. The third kappa shape index (κ3) is 5.80. The Kier molecular flexibility index (Phi) is 6.60. The average molecular weight is 348 g/mol. The van der Waals surface area contributed by atoms with Crippen molar-refractivity contribution in [2.24, 2.45) is 5.41 Å². The molecule has 1 aliphatic rings. The first kappa shape index (κ1) is 19.9. The van der Waals surface area contributed by atoms with Crippen LogP contribution in [0, 0.1) is 5.41 Å². The van der Waals surface area contributed by atoms with Crippen LogP contribution in [0.1, 0.15) is 36.7 Å². The zero-order valence-electron chi connectivity index (χ0n) is 16.3. The van der Waals surface area contributed by atoms with Gasteiger partial charge in [-0.2, -0.15) is 0 Å². The van der Waals surface area contributed by atoms with Crippen molar-refractivity contribution in [3.8, 4) is 0 Å². The number of rotatable bonds is 5. The molecule has 5 nitrogen and oxygen atoms in total. The van der Waals surface area contributed by atoms with Crippen LogP contribution in [0.15, 0.2) is 24.3 Å². The van der Waals surface area contributed by atoms with Gasteiger partial charge in [-0.1, -0.05) is 32.9 Å². The summed E-state index contributed by atoms with van der Waals surface area (Å²) >= 11 is 0. The van der Waals surface area contributed by atoms with Crippen LogP contribution in [0.5, 0.6) is 0 Å². The minimum absolute atomic E-state index is 0.0443. The molecule has 25 heavy (non-hydrogen) atoms. The molecule has 1 heterocycles. The molecule has 0 bridgehead atoms. The van der Waals surface area contributed by atoms with E-state index in [4.69, 9.17) is 0 Å². The van der Waals surface area contributed by atoms with Gasteiger partial charge in [0.2, 0.25) is 0 Å². The largest absolute Gasteiger partial charge is 0.391 e. The quantitative estimate of drug-likeness (QED) is 0.884. The second-order valence-corrected chi connectivity index (χ2v) is 8.36. The maximum Gasteiger partial charge on any atom is 0.253 e. The third-order valence-corrected chi connectivity index (χ3v) is 4.88. The van der Waals surface area contributed by atoms with E-state index in [1.165, 1.54) is 5.56 Å². The lowest BCUT2D eigenvalue weighted by Gasteiger charge is -2.38. The van der Waals surface area contributed by atoms with Gasteiger partial charge in [-0.3, -0.25) is 14.6 Å². The van der Waals surface area contributed by atoms with Gasteiger partial charge in [0.05, 0.1) is 6.10 Å². The van der Waals surface area contributed by atoms with Crippen molar-refractivity contribution < 1.29 is 9.90 Å². The first-order chi connectivity index (χ1) is 11.7. The summed E-state index contributed by atoms with van der Waals surface area (Å²) in [5, 5.41) is 10.3. The predicted molar refractivity (Wildman–Crippen MR) is 102 cm³/mol. The standard InChI is InChI=1S/C20H33N3O2/c1-20(2,3)18(24)15-23-11-9-22(10-12-23)14-16-7-6-8-17(13-16)19(25)21(4)5/h6-8,13,18,24H,9-12,14-15H2,1-5H3/t18-/m1/s1. The normalized spacial score (nSPS) is 18.2. The molecule has 0 saturated carbocycles. The molecule has 0 spiro atoms. The highest BCUT2D eigenvalue weighted by Crippen LogP contribution is 2.20. The maximum absolute atomic E-state index is 12.1. The van der Waals surface area contributed by atoms with Gasteiger partial charge in [-0.05, 0) is 23.1 Å². The minimum atomic E-state index is -0.298. The topological polar surface area (TPSA) is 47.0 Å². The van der Waals surface area contributed by atoms with Crippen molar-refractivity contribution in [2.45, 2.75) is 33.4 Å². The number of β-amino-alcohol motifs (C(OH)–C–C–N with tert-alkyl or cyclic N) is 1. The molecular formula is C20H33N3O2. The van der Waals surface area contributed by atoms with Crippen LogP contribution in [0.2, 0.25) is 0 Å². The van der Waals surface area contributed by atoms with Crippen molar-refractivity contribution >= 4 is 5.91 Å². The predicted octanol–water partition coefficient (Wildman–Crippen LogP) is 1.91. The van der Waals surface area contributed by atoms with Gasteiger partial charge in [-0.15, -0.1) is 0 Å². The second kappa shape index (κ2) is 8.30. The average Bonchev–Trinajstić information content (AvgIpc) is 2.55. The summed E-state index contributed by atoms with van der Waals surface area (Å²) in [5.74, 6) is 0.0443. The maximum atomic E-state index is 12.1. The molecule has 0 unspecified atom stereocenters. The number of hydrogen-bond donors (Lipinski definition) is 1. The molecule has 1 fully saturated rings. The molecule has 1 saturated heterocycles. The number of aliphatic hydroxyl groups excluding tert-OH is 1. The lowest BCUT2D eigenvalue weighted by atomic mass is 9.89. The first-order valence-electron chi connectivity index (χ1n) is 9.10. The summed E-state index contributed by atoms with van der Waals surface area (Å²) in [5.41, 5.74) is 1.85. The van der Waals surface area contributed by atoms with Crippen molar-refractivity contribution in [1.82, 2.24) is 14.7 Å². The van der Waals surface area contributed by atoms with Crippen LogP contribution >= 0.6 is 0 Å². The summed E-state index contributed by atoms with van der Waals surface area (Å²) in [4.78, 5) is 18.5. The lowest BCUT2D eigenvalue weighted by molar-refractivity contribution is 0.0126. The van der Waals surface area contributed by atoms with Crippen LogP contribution in [-0.4, -0.2) is 78.6 Å². The number of amides is 1. The highest BCUT2D eigenvalue weighted by molar-refractivity contribution is 5.94. The molecule has 1 aromatic rings. The fourth-order valence-electron chi connectivity index (χ4n) is 2.97. The molecule has 140 valence electrons. The first-order valence-corrected chi connectivity index (χ1v) is 9.10. The monoisotopic (exact) mass is 347 g/mol. The minimum Gasteiger partial charge on any atom is -0.391 e. The van der Waals surface area contributed by atoms with Crippen LogP contribution in [0.25, 0.3) is 0 Å². The van der Waals surface area contributed by atoms with E-state index in [1.807, 2.05) is 18.2 Å². The number of nitrogens with zero attached hydrogens (tertiary/aromatic N) is 3. The van der Waals surface area contributed by atoms with Gasteiger partial charge in [0.15, 0.2) is 0 Å². The summed E-state index contributed by atoms with van der Waals surface area (Å²) in [6.45, 7) is 11.8. The molecule has 1 aliphatic heterocycles. The Hall–Kier alpha value is -1.43. The van der Waals surface area contributed by atoms with Crippen LogP contribution in [0.4, 0.5) is 0 Å². The van der Waals surface area contributed by atoms with Crippen LogP contribution in [0.3, 0.4) is 0 Å². The molecule has 1 atom stereocenters. The summed E-state index contributed by atoms with van der Waals surface area (Å²) < 4.78 is 0. The molecule has 0 aromatic heterocycles. The highest BCUT2D eigenvalue weighted by Gasteiger charge is 2.26. The van der Waals surface area contributed by atoms with E-state index in [9.17, 15) is 9.90 Å². The number of benzene rings is 1. The van der Waals surface area contributed by atoms with Gasteiger partial charge >= 0.3 is 0 Å². The molecule has 2 rings (SSSR count). The van der Waals surface area contributed by atoms with E-state index in [2.05, 4.69) is 36.6 Å².